The molecule has 43 heavy (non-hydrogen) atoms. The van der Waals surface area contributed by atoms with Crippen molar-refractivity contribution in [2.75, 3.05) is 31.1 Å². The molecule has 2 fully saturated rings. The first-order valence-corrected chi connectivity index (χ1v) is 15.9. The van der Waals surface area contributed by atoms with Crippen LogP contribution in [0.5, 0.6) is 0 Å². The van der Waals surface area contributed by atoms with Gasteiger partial charge in [0.2, 0.25) is 11.8 Å². The number of amides is 3. The Labute approximate surface area is 260 Å². The van der Waals surface area contributed by atoms with Crippen LogP contribution in [0.15, 0.2) is 40.9 Å². The van der Waals surface area contributed by atoms with Crippen molar-refractivity contribution in [2.45, 2.75) is 76.7 Å². The van der Waals surface area contributed by atoms with Gasteiger partial charge in [0.15, 0.2) is 0 Å². The van der Waals surface area contributed by atoms with Gasteiger partial charge in [-0.15, -0.1) is 0 Å². The van der Waals surface area contributed by atoms with E-state index < -0.39 is 41.7 Å². The van der Waals surface area contributed by atoms with E-state index in [2.05, 4.69) is 21.2 Å². The van der Waals surface area contributed by atoms with E-state index in [9.17, 15) is 24.3 Å². The lowest BCUT2D eigenvalue weighted by molar-refractivity contribution is -0.158. The number of nitrogens with zero attached hydrogens (tertiary/aromatic N) is 2. The van der Waals surface area contributed by atoms with E-state index in [0.717, 1.165) is 16.8 Å². The number of hydrogen-bond acceptors (Lipinski definition) is 7. The molecule has 0 radical (unpaired) electrons. The maximum atomic E-state index is 14.9. The number of carbonyl (C=O) groups is 4. The van der Waals surface area contributed by atoms with Crippen LogP contribution in [0.4, 0.5) is 5.69 Å². The molecule has 232 valence electrons. The third-order valence-electron chi connectivity index (χ3n) is 8.81. The standard InChI is InChI=1S/C32H40BrN3O7/c1-19-11-12-20(2)23(16-19)35-13-7-4-6-10-24(38)34-18-21(3)42-31(41)25-26-29(39)36(14-8-5-9-15-37)28(30(35)40)32(26)17-22(33)27(25)43-32/h4,7,11-12,16-17,21,25-28,37H,5-6,8-10,13-15,18H2,1-3H3,(H,34,38)/b7-4-/t21-,25+,26-,27+,28+,32-/m1/s1. The van der Waals surface area contributed by atoms with Gasteiger partial charge in [0, 0.05) is 36.3 Å². The zero-order chi connectivity index (χ0) is 30.9. The van der Waals surface area contributed by atoms with Crippen LogP contribution in [0.25, 0.3) is 0 Å². The lowest BCUT2D eigenvalue weighted by Crippen LogP contribution is -2.56. The predicted octanol–water partition coefficient (Wildman–Crippen LogP) is 3.07. The topological polar surface area (TPSA) is 125 Å². The number of rotatable bonds is 6. The molecule has 6 atom stereocenters. The van der Waals surface area contributed by atoms with Crippen LogP contribution < -0.4 is 10.2 Å². The maximum absolute atomic E-state index is 14.9. The molecule has 2 N–H and O–H groups in total. The van der Waals surface area contributed by atoms with Gasteiger partial charge in [-0.3, -0.25) is 19.2 Å². The zero-order valence-electron chi connectivity index (χ0n) is 24.9. The molecule has 0 unspecified atom stereocenters. The molecule has 4 aliphatic rings. The van der Waals surface area contributed by atoms with Crippen LogP contribution in [-0.2, 0) is 28.7 Å². The highest BCUT2D eigenvalue weighted by molar-refractivity contribution is 9.11. The minimum Gasteiger partial charge on any atom is -0.460 e. The van der Waals surface area contributed by atoms with Crippen LogP contribution >= 0.6 is 15.9 Å². The minimum atomic E-state index is -1.36. The highest BCUT2D eigenvalue weighted by Crippen LogP contribution is 2.59. The van der Waals surface area contributed by atoms with Gasteiger partial charge in [0.25, 0.3) is 5.91 Å². The van der Waals surface area contributed by atoms with Gasteiger partial charge < -0.3 is 29.7 Å². The van der Waals surface area contributed by atoms with E-state index in [0.29, 0.717) is 30.2 Å². The number of halogens is 1. The van der Waals surface area contributed by atoms with Crippen LogP contribution in [0.2, 0.25) is 0 Å². The Morgan fingerprint density at radius 3 is 2.65 bits per heavy atom. The predicted molar refractivity (Wildman–Crippen MR) is 163 cm³/mol. The van der Waals surface area contributed by atoms with Crippen molar-refractivity contribution in [1.29, 1.82) is 0 Å². The summed E-state index contributed by atoms with van der Waals surface area (Å²) in [7, 11) is 0. The fourth-order valence-electron chi connectivity index (χ4n) is 6.72. The number of nitrogens with one attached hydrogen (secondary N) is 1. The summed E-state index contributed by atoms with van der Waals surface area (Å²) in [6.07, 6.45) is 6.76. The van der Waals surface area contributed by atoms with E-state index in [1.165, 1.54) is 0 Å². The molecule has 1 spiro atoms. The number of esters is 1. The van der Waals surface area contributed by atoms with Gasteiger partial charge in [-0.05, 0) is 69.7 Å². The number of anilines is 1. The highest BCUT2D eigenvalue weighted by atomic mass is 79.9. The first kappa shape index (κ1) is 31.4. The smallest absolute Gasteiger partial charge is 0.313 e. The Morgan fingerprint density at radius 2 is 1.88 bits per heavy atom. The second kappa shape index (κ2) is 12.9. The Balaban J connectivity index is 1.61. The second-order valence-corrected chi connectivity index (χ2v) is 12.9. The monoisotopic (exact) mass is 657 g/mol. The average molecular weight is 659 g/mol. The fraction of sp³-hybridized carbons (Fsp3) is 0.562. The van der Waals surface area contributed by atoms with E-state index >= 15 is 0 Å². The molecule has 11 heteroatoms. The second-order valence-electron chi connectivity index (χ2n) is 11.9. The van der Waals surface area contributed by atoms with Crippen LogP contribution in [-0.4, -0.2) is 83.8 Å². The van der Waals surface area contributed by atoms with Crippen LogP contribution in [0.1, 0.15) is 50.2 Å². The Kier molecular flexibility index (Phi) is 9.43. The molecule has 4 aliphatic heterocycles. The Morgan fingerprint density at radius 1 is 1.09 bits per heavy atom. The van der Waals surface area contributed by atoms with E-state index in [1.807, 2.05) is 44.2 Å². The number of likely N-dealkylation sites (tertiary alicyclic amines) is 1. The molecule has 2 saturated heterocycles. The summed E-state index contributed by atoms with van der Waals surface area (Å²) in [6, 6.07) is 4.88. The van der Waals surface area contributed by atoms with Crippen molar-refractivity contribution in [3.05, 3.63) is 52.0 Å². The van der Waals surface area contributed by atoms with E-state index in [-0.39, 0.29) is 50.4 Å². The number of ether oxygens (including phenoxy) is 2. The van der Waals surface area contributed by atoms with Gasteiger partial charge in [-0.25, -0.2) is 0 Å². The third-order valence-corrected chi connectivity index (χ3v) is 9.49. The molecule has 3 amide bonds. The summed E-state index contributed by atoms with van der Waals surface area (Å²) in [5.74, 6) is -3.28. The van der Waals surface area contributed by atoms with Gasteiger partial charge in [-0.2, -0.15) is 0 Å². The molecule has 0 aliphatic carbocycles. The average Bonchev–Trinajstić information content (AvgIpc) is 3.56. The van der Waals surface area contributed by atoms with Crippen molar-refractivity contribution >= 4 is 45.3 Å². The number of aliphatic hydroxyl groups excluding tert-OH is 1. The normalized spacial score (nSPS) is 32.0. The maximum Gasteiger partial charge on any atom is 0.313 e. The molecule has 0 aromatic heterocycles. The summed E-state index contributed by atoms with van der Waals surface area (Å²) in [6.45, 7) is 6.29. The number of unbranched alkanes of at least 4 members (excludes halogenated alkanes) is 2. The molecular weight excluding hydrogens is 618 g/mol. The molecular formula is C32H40BrN3O7. The fourth-order valence-corrected chi connectivity index (χ4v) is 7.45. The van der Waals surface area contributed by atoms with Gasteiger partial charge in [-0.1, -0.05) is 40.2 Å². The van der Waals surface area contributed by atoms with Crippen molar-refractivity contribution in [3.63, 3.8) is 0 Å². The number of allylic oxidation sites excluding steroid dienone is 1. The third kappa shape index (κ3) is 5.91. The molecule has 1 aromatic rings. The Bertz CT molecular complexity index is 1350. The number of carbonyl (C=O) groups excluding carboxylic acids is 4. The summed E-state index contributed by atoms with van der Waals surface area (Å²) in [5, 5.41) is 12.1. The number of aryl methyl sites for hydroxylation is 2. The van der Waals surface area contributed by atoms with Crippen LogP contribution in [0.3, 0.4) is 0 Å². The Hall–Kier alpha value is -3.02. The summed E-state index contributed by atoms with van der Waals surface area (Å²) in [5.41, 5.74) is 1.24. The van der Waals surface area contributed by atoms with Crippen LogP contribution in [0, 0.1) is 25.7 Å². The summed E-state index contributed by atoms with van der Waals surface area (Å²) >= 11 is 3.57. The number of fused-ring (bicyclic) bond motifs is 2. The largest absolute Gasteiger partial charge is 0.460 e. The van der Waals surface area contributed by atoms with E-state index in [1.54, 1.807) is 22.8 Å². The van der Waals surface area contributed by atoms with Gasteiger partial charge >= 0.3 is 5.97 Å². The molecule has 5 bridgehead atoms. The number of cyclic esters (lactones) is 1. The molecule has 1 aromatic carbocycles. The lowest BCUT2D eigenvalue weighted by atomic mass is 9.74. The molecule has 0 saturated carbocycles. The number of hydrogen-bond donors (Lipinski definition) is 2. The first-order chi connectivity index (χ1) is 20.6. The first-order valence-electron chi connectivity index (χ1n) is 15.1. The summed E-state index contributed by atoms with van der Waals surface area (Å²) < 4.78 is 12.9. The number of aliphatic hydroxyl groups is 1. The van der Waals surface area contributed by atoms with Crippen molar-refractivity contribution in [3.8, 4) is 0 Å². The van der Waals surface area contributed by atoms with Gasteiger partial charge in [0.05, 0.1) is 12.5 Å². The van der Waals surface area contributed by atoms with Crippen molar-refractivity contribution < 1.29 is 33.8 Å². The quantitative estimate of drug-likeness (QED) is 0.274. The van der Waals surface area contributed by atoms with Gasteiger partial charge in [0.1, 0.15) is 29.8 Å². The highest BCUT2D eigenvalue weighted by Gasteiger charge is 2.74. The lowest BCUT2D eigenvalue weighted by Gasteiger charge is -2.36. The zero-order valence-corrected chi connectivity index (χ0v) is 26.5. The number of benzene rings is 1. The molecule has 10 nitrogen and oxygen atoms in total. The summed E-state index contributed by atoms with van der Waals surface area (Å²) in [4.78, 5) is 58.5. The molecule has 4 heterocycles. The molecule has 5 rings (SSSR count). The minimum absolute atomic E-state index is 0.0443. The SMILES string of the molecule is Cc1ccc(C)c(N2C/C=C\CCC(=O)NC[C@@H](C)OC(=O)[C@@H]3[C@H]4O[C@@]5(C=C4Br)[C@H](C2=O)N(CCCCCO)C(=O)[C@@H]35)c1. The van der Waals surface area contributed by atoms with E-state index in [4.69, 9.17) is 9.47 Å². The van der Waals surface area contributed by atoms with Crippen molar-refractivity contribution in [1.82, 2.24) is 10.2 Å². The van der Waals surface area contributed by atoms with Crippen molar-refractivity contribution in [2.24, 2.45) is 11.8 Å².